The Morgan fingerprint density at radius 1 is 1.12 bits per heavy atom. The molecule has 2 aliphatic heterocycles. The summed E-state index contributed by atoms with van der Waals surface area (Å²) in [5, 5.41) is 8.24. The molecule has 11 heteroatoms. The zero-order chi connectivity index (χ0) is 29.4. The Morgan fingerprint density at radius 3 is 2.69 bits per heavy atom. The molecule has 0 aliphatic carbocycles. The Labute approximate surface area is 253 Å². The van der Waals surface area contributed by atoms with Crippen molar-refractivity contribution in [1.82, 2.24) is 20.1 Å². The van der Waals surface area contributed by atoms with Crippen LogP contribution in [0.2, 0.25) is 5.02 Å². The minimum absolute atomic E-state index is 0.162. The fraction of sp³-hybridized carbons (Fsp3) is 0.290. The summed E-state index contributed by atoms with van der Waals surface area (Å²) in [6, 6.07) is 16.9. The van der Waals surface area contributed by atoms with Crippen molar-refractivity contribution in [3.8, 4) is 17.2 Å². The van der Waals surface area contributed by atoms with Crippen LogP contribution in [-0.4, -0.2) is 45.7 Å². The van der Waals surface area contributed by atoms with E-state index < -0.39 is 5.41 Å². The number of hydrogen-bond donors (Lipinski definition) is 1. The van der Waals surface area contributed by atoms with Crippen LogP contribution in [0.1, 0.15) is 48.4 Å². The molecule has 216 valence electrons. The van der Waals surface area contributed by atoms with Crippen LogP contribution in [0, 0.1) is 0 Å². The zero-order valence-electron chi connectivity index (χ0n) is 23.5. The molecule has 2 amide bonds. The lowest BCUT2D eigenvalue weighted by atomic mass is 9.87. The monoisotopic (exact) mass is 603 g/mol. The van der Waals surface area contributed by atoms with Gasteiger partial charge in [-0.05, 0) is 41.5 Å². The highest BCUT2D eigenvalue weighted by atomic mass is 35.5. The number of ether oxygens (including phenoxy) is 2. The van der Waals surface area contributed by atoms with Crippen molar-refractivity contribution in [3.63, 3.8) is 0 Å². The van der Waals surface area contributed by atoms with Gasteiger partial charge in [-0.25, -0.2) is 4.68 Å². The molecule has 6 rings (SSSR count). The normalized spacial score (nSPS) is 16.2. The molecular formula is C31H30ClN5O4S. The van der Waals surface area contributed by atoms with Crippen molar-refractivity contribution in [2.75, 3.05) is 24.0 Å². The Hall–Kier alpha value is -4.02. The minimum Gasteiger partial charge on any atom is -0.454 e. The molecule has 0 saturated carbocycles. The second-order valence-electron chi connectivity index (χ2n) is 11.1. The summed E-state index contributed by atoms with van der Waals surface area (Å²) in [6.45, 7) is 6.55. The molecule has 1 N–H and O–H groups in total. The maximum atomic E-state index is 13.9. The number of anilines is 1. The van der Waals surface area contributed by atoms with Crippen molar-refractivity contribution in [1.29, 1.82) is 0 Å². The number of pyridine rings is 1. The lowest BCUT2D eigenvalue weighted by molar-refractivity contribution is -0.123. The Morgan fingerprint density at radius 2 is 1.93 bits per heavy atom. The first kappa shape index (κ1) is 28.1. The SMILES string of the molecule is CC(C)(C)c1nn(-c2ccccc2Cl)c2c1C(c1ccc3c(c1)OCO3)SCC(=O)N2CC(=O)NCc1cccnc1. The van der Waals surface area contributed by atoms with Crippen LogP contribution in [0.5, 0.6) is 11.5 Å². The molecule has 2 aromatic heterocycles. The minimum atomic E-state index is -0.395. The van der Waals surface area contributed by atoms with Gasteiger partial charge in [0.05, 0.1) is 27.4 Å². The third-order valence-corrected chi connectivity index (χ3v) is 8.67. The summed E-state index contributed by atoms with van der Waals surface area (Å²) in [6.07, 6.45) is 3.38. The van der Waals surface area contributed by atoms with Crippen molar-refractivity contribution in [2.45, 2.75) is 38.0 Å². The molecule has 0 radical (unpaired) electrons. The van der Waals surface area contributed by atoms with Crippen LogP contribution in [0.4, 0.5) is 5.82 Å². The van der Waals surface area contributed by atoms with Gasteiger partial charge in [-0.2, -0.15) is 5.10 Å². The quantitative estimate of drug-likeness (QED) is 0.314. The lowest BCUT2D eigenvalue weighted by Crippen LogP contribution is -2.42. The van der Waals surface area contributed by atoms with E-state index in [1.54, 1.807) is 28.0 Å². The molecule has 1 unspecified atom stereocenters. The molecule has 0 bridgehead atoms. The van der Waals surface area contributed by atoms with Crippen LogP contribution >= 0.6 is 23.4 Å². The van der Waals surface area contributed by atoms with Crippen LogP contribution in [0.3, 0.4) is 0 Å². The molecular weight excluding hydrogens is 574 g/mol. The van der Waals surface area contributed by atoms with Gasteiger partial charge in [-0.3, -0.25) is 19.5 Å². The van der Waals surface area contributed by atoms with Crippen LogP contribution in [0.25, 0.3) is 5.69 Å². The third-order valence-electron chi connectivity index (χ3n) is 7.09. The first-order chi connectivity index (χ1) is 20.2. The summed E-state index contributed by atoms with van der Waals surface area (Å²) >= 11 is 8.21. The molecule has 0 spiro atoms. The number of amides is 2. The van der Waals surface area contributed by atoms with E-state index in [0.29, 0.717) is 34.6 Å². The second kappa shape index (κ2) is 11.3. The number of rotatable bonds is 6. The number of fused-ring (bicyclic) bond motifs is 2. The van der Waals surface area contributed by atoms with Crippen molar-refractivity contribution in [2.24, 2.45) is 0 Å². The van der Waals surface area contributed by atoms with Crippen molar-refractivity contribution in [3.05, 3.63) is 94.4 Å². The number of halogens is 1. The predicted octanol–water partition coefficient (Wildman–Crippen LogP) is 5.43. The summed E-state index contributed by atoms with van der Waals surface area (Å²) in [7, 11) is 0. The molecule has 9 nitrogen and oxygen atoms in total. The Kier molecular flexibility index (Phi) is 7.59. The highest BCUT2D eigenvalue weighted by molar-refractivity contribution is 8.00. The average Bonchev–Trinajstić information content (AvgIpc) is 3.58. The van der Waals surface area contributed by atoms with Gasteiger partial charge in [-0.1, -0.05) is 56.6 Å². The first-order valence-electron chi connectivity index (χ1n) is 13.6. The number of carbonyl (C=O) groups excluding carboxylic acids is 2. The number of para-hydroxylation sites is 1. The maximum absolute atomic E-state index is 13.9. The van der Waals surface area contributed by atoms with Crippen LogP contribution < -0.4 is 19.7 Å². The number of benzene rings is 2. The Balaban J connectivity index is 1.49. The van der Waals surface area contributed by atoms with Gasteiger partial charge in [0, 0.05) is 29.9 Å². The predicted molar refractivity (Wildman–Crippen MR) is 163 cm³/mol. The molecule has 1 atom stereocenters. The number of aromatic nitrogens is 3. The van der Waals surface area contributed by atoms with Crippen LogP contribution in [-0.2, 0) is 21.5 Å². The molecule has 0 saturated heterocycles. The topological polar surface area (TPSA) is 98.6 Å². The third kappa shape index (κ3) is 5.44. The summed E-state index contributed by atoms with van der Waals surface area (Å²) in [5.74, 6) is 1.54. The fourth-order valence-electron chi connectivity index (χ4n) is 5.11. The van der Waals surface area contributed by atoms with Gasteiger partial charge >= 0.3 is 0 Å². The van der Waals surface area contributed by atoms with Gasteiger partial charge in [-0.15, -0.1) is 11.8 Å². The fourth-order valence-corrected chi connectivity index (χ4v) is 6.51. The molecule has 0 fully saturated rings. The lowest BCUT2D eigenvalue weighted by Gasteiger charge is -2.24. The van der Waals surface area contributed by atoms with E-state index in [9.17, 15) is 9.59 Å². The van der Waals surface area contributed by atoms with E-state index in [0.717, 1.165) is 22.4 Å². The molecule has 4 heterocycles. The van der Waals surface area contributed by atoms with E-state index >= 15 is 0 Å². The number of hydrogen-bond acceptors (Lipinski definition) is 7. The Bertz CT molecular complexity index is 1650. The smallest absolute Gasteiger partial charge is 0.240 e. The van der Waals surface area contributed by atoms with E-state index in [2.05, 4.69) is 31.1 Å². The summed E-state index contributed by atoms with van der Waals surface area (Å²) in [5.41, 5.74) is 3.71. The summed E-state index contributed by atoms with van der Waals surface area (Å²) in [4.78, 5) is 32.9. The second-order valence-corrected chi connectivity index (χ2v) is 12.6. The van der Waals surface area contributed by atoms with Gasteiger partial charge in [0.15, 0.2) is 11.5 Å². The van der Waals surface area contributed by atoms with E-state index in [1.165, 1.54) is 11.8 Å². The molecule has 2 aromatic carbocycles. The molecule has 4 aromatic rings. The number of thioether (sulfide) groups is 1. The van der Waals surface area contributed by atoms with E-state index in [4.69, 9.17) is 26.2 Å². The molecule has 42 heavy (non-hydrogen) atoms. The highest BCUT2D eigenvalue weighted by Gasteiger charge is 2.40. The molecule has 2 aliphatic rings. The van der Waals surface area contributed by atoms with Gasteiger partial charge in [0.1, 0.15) is 12.4 Å². The van der Waals surface area contributed by atoms with Gasteiger partial charge < -0.3 is 14.8 Å². The highest BCUT2D eigenvalue weighted by Crippen LogP contribution is 2.50. The number of nitrogens with zero attached hydrogens (tertiary/aromatic N) is 4. The number of carbonyl (C=O) groups is 2. The van der Waals surface area contributed by atoms with Gasteiger partial charge in [0.2, 0.25) is 18.6 Å². The van der Waals surface area contributed by atoms with E-state index in [-0.39, 0.29) is 36.2 Å². The standard InChI is InChI=1S/C31H30ClN5O4S/c1-31(2,3)29-27-28(20-10-11-23-24(13-20)41-18-40-23)42-17-26(39)36(16-25(38)34-15-19-7-6-12-33-14-19)30(27)37(35-29)22-9-5-4-8-21(22)32/h4-14,28H,15-18H2,1-3H3,(H,34,38). The number of nitrogens with one attached hydrogen (secondary N) is 1. The zero-order valence-corrected chi connectivity index (χ0v) is 25.0. The average molecular weight is 604 g/mol. The maximum Gasteiger partial charge on any atom is 0.240 e. The summed E-state index contributed by atoms with van der Waals surface area (Å²) < 4.78 is 13.0. The first-order valence-corrected chi connectivity index (χ1v) is 15.0. The van der Waals surface area contributed by atoms with E-state index in [1.807, 2.05) is 48.5 Å². The largest absolute Gasteiger partial charge is 0.454 e. The van der Waals surface area contributed by atoms with Crippen molar-refractivity contribution < 1.29 is 19.1 Å². The van der Waals surface area contributed by atoms with Gasteiger partial charge in [0.25, 0.3) is 0 Å². The van der Waals surface area contributed by atoms with Crippen LogP contribution in [0.15, 0.2) is 67.0 Å². The van der Waals surface area contributed by atoms with Crippen molar-refractivity contribution >= 4 is 41.0 Å².